The molecule has 1 rings (SSSR count). The molecule has 0 aliphatic carbocycles. The van der Waals surface area contributed by atoms with Crippen LogP contribution in [0.4, 0.5) is 5.69 Å². The largest absolute Gasteiger partial charge is 0.481 e. The fourth-order valence-electron chi connectivity index (χ4n) is 1.31. The van der Waals surface area contributed by atoms with Gasteiger partial charge in [0.05, 0.1) is 5.41 Å². The summed E-state index contributed by atoms with van der Waals surface area (Å²) in [5, 5.41) is 12.3. The molecule has 1 heterocycles. The molecule has 0 fully saturated rings. The van der Waals surface area contributed by atoms with Gasteiger partial charge in [-0.1, -0.05) is 6.92 Å². The number of aryl methyl sites for hydroxylation is 1. The number of hydrogen-bond acceptors (Lipinski definition) is 3. The highest BCUT2D eigenvalue weighted by Crippen LogP contribution is 2.23. The number of nitrogens with one attached hydrogen (secondary N) is 1. The number of aliphatic carboxylic acids is 1. The van der Waals surface area contributed by atoms with Crippen molar-refractivity contribution in [3.63, 3.8) is 0 Å². The topological polar surface area (TPSA) is 62.2 Å². The van der Waals surface area contributed by atoms with E-state index in [2.05, 4.69) is 10.3 Å². The number of carboxylic acids is 1. The number of hydrogen-bond donors (Lipinski definition) is 2. The Hall–Kier alpha value is -1.58. The van der Waals surface area contributed by atoms with E-state index in [1.54, 1.807) is 19.3 Å². The van der Waals surface area contributed by atoms with E-state index >= 15 is 0 Å². The average molecular weight is 222 g/mol. The molecule has 0 bridgehead atoms. The summed E-state index contributed by atoms with van der Waals surface area (Å²) in [6.07, 6.45) is 4.05. The van der Waals surface area contributed by atoms with Crippen LogP contribution < -0.4 is 5.32 Å². The molecule has 1 atom stereocenters. The molecule has 0 aromatic carbocycles. The number of carboxylic acid groups (broad SMARTS) is 1. The Morgan fingerprint density at radius 2 is 2.31 bits per heavy atom. The standard InChI is InChI=1S/C12H18N2O2/c1-4-12(3,11(15)16)8-14-10-5-6-13-7-9(10)2/h5-7H,4,8H2,1-3H3,(H,13,14)(H,15,16). The van der Waals surface area contributed by atoms with Crippen LogP contribution in [0.3, 0.4) is 0 Å². The monoisotopic (exact) mass is 222 g/mol. The summed E-state index contributed by atoms with van der Waals surface area (Å²) in [6.45, 7) is 6.00. The predicted octanol–water partition coefficient (Wildman–Crippen LogP) is 2.30. The summed E-state index contributed by atoms with van der Waals surface area (Å²) in [5.41, 5.74) is 1.23. The summed E-state index contributed by atoms with van der Waals surface area (Å²) >= 11 is 0. The van der Waals surface area contributed by atoms with Crippen LogP contribution in [0.15, 0.2) is 18.5 Å². The maximum atomic E-state index is 11.1. The molecule has 1 aromatic rings. The highest BCUT2D eigenvalue weighted by molar-refractivity contribution is 5.75. The molecule has 1 aromatic heterocycles. The molecular weight excluding hydrogens is 204 g/mol. The summed E-state index contributed by atoms with van der Waals surface area (Å²) in [6, 6.07) is 1.85. The minimum Gasteiger partial charge on any atom is -0.481 e. The van der Waals surface area contributed by atoms with Crippen molar-refractivity contribution in [2.45, 2.75) is 27.2 Å². The first kappa shape index (κ1) is 12.5. The molecule has 0 amide bonds. The molecule has 1 unspecified atom stereocenters. The van der Waals surface area contributed by atoms with Gasteiger partial charge in [-0.15, -0.1) is 0 Å². The van der Waals surface area contributed by atoms with Crippen LogP contribution in [-0.2, 0) is 4.79 Å². The molecule has 0 radical (unpaired) electrons. The summed E-state index contributed by atoms with van der Waals surface area (Å²) in [5.74, 6) is -0.769. The van der Waals surface area contributed by atoms with Crippen LogP contribution in [0, 0.1) is 12.3 Å². The van der Waals surface area contributed by atoms with E-state index in [0.29, 0.717) is 13.0 Å². The Morgan fingerprint density at radius 1 is 1.62 bits per heavy atom. The minimum atomic E-state index is -0.769. The van der Waals surface area contributed by atoms with E-state index in [-0.39, 0.29) is 0 Å². The smallest absolute Gasteiger partial charge is 0.311 e. The zero-order valence-corrected chi connectivity index (χ0v) is 9.95. The molecule has 4 nitrogen and oxygen atoms in total. The van der Waals surface area contributed by atoms with Gasteiger partial charge in [0.15, 0.2) is 0 Å². The molecule has 16 heavy (non-hydrogen) atoms. The fourth-order valence-corrected chi connectivity index (χ4v) is 1.31. The molecule has 88 valence electrons. The molecular formula is C12H18N2O2. The number of pyridine rings is 1. The van der Waals surface area contributed by atoms with Gasteiger partial charge < -0.3 is 10.4 Å². The van der Waals surface area contributed by atoms with Crippen molar-refractivity contribution < 1.29 is 9.90 Å². The normalized spacial score (nSPS) is 14.2. The highest BCUT2D eigenvalue weighted by Gasteiger charge is 2.30. The van der Waals surface area contributed by atoms with Gasteiger partial charge in [0.1, 0.15) is 0 Å². The van der Waals surface area contributed by atoms with Crippen LogP contribution in [0.5, 0.6) is 0 Å². The highest BCUT2D eigenvalue weighted by atomic mass is 16.4. The lowest BCUT2D eigenvalue weighted by molar-refractivity contribution is -0.147. The van der Waals surface area contributed by atoms with Crippen LogP contribution in [0.2, 0.25) is 0 Å². The van der Waals surface area contributed by atoms with Gasteiger partial charge in [0.25, 0.3) is 0 Å². The minimum absolute atomic E-state index is 0.420. The van der Waals surface area contributed by atoms with Crippen molar-refractivity contribution in [2.75, 3.05) is 11.9 Å². The van der Waals surface area contributed by atoms with E-state index in [4.69, 9.17) is 5.11 Å². The van der Waals surface area contributed by atoms with Gasteiger partial charge in [-0.25, -0.2) is 0 Å². The lowest BCUT2D eigenvalue weighted by Gasteiger charge is -2.24. The first-order valence-electron chi connectivity index (χ1n) is 5.37. The van der Waals surface area contributed by atoms with E-state index in [9.17, 15) is 4.79 Å². The van der Waals surface area contributed by atoms with E-state index in [1.165, 1.54) is 0 Å². The second-order valence-corrected chi connectivity index (χ2v) is 4.26. The predicted molar refractivity (Wildman–Crippen MR) is 63.5 cm³/mol. The Balaban J connectivity index is 2.71. The number of nitrogens with zero attached hydrogens (tertiary/aromatic N) is 1. The molecule has 0 spiro atoms. The third-order valence-electron chi connectivity index (χ3n) is 2.99. The van der Waals surface area contributed by atoms with Crippen LogP contribution in [0.1, 0.15) is 25.8 Å². The Labute approximate surface area is 95.7 Å². The van der Waals surface area contributed by atoms with Gasteiger partial charge in [-0.3, -0.25) is 9.78 Å². The summed E-state index contributed by atoms with van der Waals surface area (Å²) in [7, 11) is 0. The quantitative estimate of drug-likeness (QED) is 0.802. The lowest BCUT2D eigenvalue weighted by Crippen LogP contribution is -2.34. The van der Waals surface area contributed by atoms with Gasteiger partial charge in [0.2, 0.25) is 0 Å². The first-order valence-corrected chi connectivity index (χ1v) is 5.37. The van der Waals surface area contributed by atoms with Crippen molar-refractivity contribution >= 4 is 11.7 Å². The fraction of sp³-hybridized carbons (Fsp3) is 0.500. The molecule has 0 aliphatic rings. The number of anilines is 1. The van der Waals surface area contributed by atoms with Crippen molar-refractivity contribution in [3.05, 3.63) is 24.0 Å². The second-order valence-electron chi connectivity index (χ2n) is 4.26. The van der Waals surface area contributed by atoms with Gasteiger partial charge >= 0.3 is 5.97 Å². The zero-order valence-electron chi connectivity index (χ0n) is 9.95. The van der Waals surface area contributed by atoms with Crippen molar-refractivity contribution in [1.29, 1.82) is 0 Å². The van der Waals surface area contributed by atoms with Crippen molar-refractivity contribution in [1.82, 2.24) is 4.98 Å². The van der Waals surface area contributed by atoms with Gasteiger partial charge in [-0.05, 0) is 31.9 Å². The SMILES string of the molecule is CCC(C)(CNc1ccncc1C)C(=O)O. The Kier molecular flexibility index (Phi) is 3.88. The maximum absolute atomic E-state index is 11.1. The third-order valence-corrected chi connectivity index (χ3v) is 2.99. The molecule has 0 saturated heterocycles. The summed E-state index contributed by atoms with van der Waals surface area (Å²) < 4.78 is 0. The number of rotatable bonds is 5. The molecule has 0 aliphatic heterocycles. The zero-order chi connectivity index (χ0) is 12.2. The van der Waals surface area contributed by atoms with Crippen LogP contribution in [0.25, 0.3) is 0 Å². The van der Waals surface area contributed by atoms with Crippen molar-refractivity contribution in [2.24, 2.45) is 5.41 Å². The van der Waals surface area contributed by atoms with E-state index in [1.807, 2.05) is 19.9 Å². The van der Waals surface area contributed by atoms with Crippen molar-refractivity contribution in [3.8, 4) is 0 Å². The van der Waals surface area contributed by atoms with E-state index < -0.39 is 11.4 Å². The lowest BCUT2D eigenvalue weighted by atomic mass is 9.87. The van der Waals surface area contributed by atoms with E-state index in [0.717, 1.165) is 11.3 Å². The number of carbonyl (C=O) groups is 1. The average Bonchev–Trinajstić information content (AvgIpc) is 2.27. The van der Waals surface area contributed by atoms with Crippen LogP contribution >= 0.6 is 0 Å². The second kappa shape index (κ2) is 4.96. The molecule has 4 heteroatoms. The van der Waals surface area contributed by atoms with Crippen LogP contribution in [-0.4, -0.2) is 22.6 Å². The Bertz CT molecular complexity index is 379. The van der Waals surface area contributed by atoms with Gasteiger partial charge in [-0.2, -0.15) is 0 Å². The summed E-state index contributed by atoms with van der Waals surface area (Å²) in [4.78, 5) is 15.1. The first-order chi connectivity index (χ1) is 7.49. The molecule has 0 saturated carbocycles. The third kappa shape index (κ3) is 2.72. The Morgan fingerprint density at radius 3 is 2.81 bits per heavy atom. The maximum Gasteiger partial charge on any atom is 0.311 e. The number of aromatic nitrogens is 1. The molecule has 2 N–H and O–H groups in total. The van der Waals surface area contributed by atoms with Gasteiger partial charge in [0, 0.05) is 24.6 Å².